The van der Waals surface area contributed by atoms with Crippen LogP contribution in [0.4, 0.5) is 4.79 Å². The predicted molar refractivity (Wildman–Crippen MR) is 229 cm³/mol. The van der Waals surface area contributed by atoms with Gasteiger partial charge in [0.15, 0.2) is 0 Å². The molecule has 332 valence electrons. The lowest BCUT2D eigenvalue weighted by atomic mass is 9.86. The van der Waals surface area contributed by atoms with E-state index in [4.69, 9.17) is 4.74 Å². The van der Waals surface area contributed by atoms with Gasteiger partial charge in [-0.3, -0.25) is 48.7 Å². The number of nitrogens with zero attached hydrogens (tertiary/aromatic N) is 4. The van der Waals surface area contributed by atoms with Crippen molar-refractivity contribution in [3.8, 4) is 0 Å². The second-order valence-corrected chi connectivity index (χ2v) is 15.2. The van der Waals surface area contributed by atoms with E-state index in [1.165, 1.54) is 76.7 Å². The highest BCUT2D eigenvalue weighted by Gasteiger charge is 2.51. The Kier molecular flexibility index (Phi) is 15.2. The fourth-order valence-electron chi connectivity index (χ4n) is 6.26. The van der Waals surface area contributed by atoms with Gasteiger partial charge >= 0.3 is 12.1 Å². The van der Waals surface area contributed by atoms with E-state index in [1.807, 2.05) is 6.07 Å². The first-order valence-corrected chi connectivity index (χ1v) is 19.8. The monoisotopic (exact) mass is 872 g/mol. The smallest absolute Gasteiger partial charge is 0.408 e. The highest BCUT2D eigenvalue weighted by atomic mass is 16.5. The Morgan fingerprint density at radius 1 is 0.484 bits per heavy atom. The second-order valence-electron chi connectivity index (χ2n) is 15.2. The summed E-state index contributed by atoms with van der Waals surface area (Å²) in [4.78, 5) is 113. The van der Waals surface area contributed by atoms with Gasteiger partial charge in [-0.15, -0.1) is 0 Å². The topological polar surface area (TPSA) is 262 Å². The molecular weight excluding hydrogens is 825 g/mol. The van der Waals surface area contributed by atoms with E-state index < -0.39 is 76.8 Å². The molecule has 0 unspecified atom stereocenters. The summed E-state index contributed by atoms with van der Waals surface area (Å²) in [5.74, 6) is -5.21. The number of ether oxygens (including phenoxy) is 2. The first kappa shape index (κ1) is 47.0. The Morgan fingerprint density at radius 2 is 0.922 bits per heavy atom. The molecule has 6 amide bonds. The van der Waals surface area contributed by atoms with Gasteiger partial charge in [-0.1, -0.05) is 54.6 Å². The maximum absolute atomic E-state index is 14.9. The molecule has 19 nitrogen and oxygen atoms in total. The molecule has 0 aliphatic carbocycles. The number of hydrogen-bond donors (Lipinski definition) is 6. The lowest BCUT2D eigenvalue weighted by Gasteiger charge is -2.38. The number of carbonyl (C=O) groups is 7. The van der Waals surface area contributed by atoms with Crippen LogP contribution in [0.1, 0.15) is 56.0 Å². The minimum Gasteiger partial charge on any atom is -0.468 e. The Hall–Kier alpha value is -8.09. The standard InChI is InChI=1S/C45H48N10O9/c1-42(2,37(58)50-27-35(56)52-44(31-19-9-13-23-46-31,32-20-10-14-24-47-32)39(60)51-28-36(57)63-5)53-40(61)45(33-21-11-15-25-48-33,34-22-12-16-26-49-34)54-38(59)43(3,4)55-41(62)64-29-30-17-7-6-8-18-30/h6-26H,27-29H2,1-5H3,(H,50,58)(H,51,60)(H,52,56)(H,53,61)(H,54,59)(H,55,62). The molecule has 0 radical (unpaired) electrons. The summed E-state index contributed by atoms with van der Waals surface area (Å²) in [5, 5.41) is 15.6. The number of rotatable bonds is 18. The number of benzene rings is 1. The molecular formula is C45H48N10O9. The van der Waals surface area contributed by atoms with Crippen molar-refractivity contribution in [3.05, 3.63) is 156 Å². The number of methoxy groups -OCH3 is 1. The molecule has 0 saturated heterocycles. The van der Waals surface area contributed by atoms with Crippen LogP contribution in [0.3, 0.4) is 0 Å². The summed E-state index contributed by atoms with van der Waals surface area (Å²) < 4.78 is 10.0. The largest absolute Gasteiger partial charge is 0.468 e. The molecule has 0 bridgehead atoms. The van der Waals surface area contributed by atoms with Crippen LogP contribution in [-0.4, -0.2) is 92.8 Å². The number of aromatic nitrogens is 4. The summed E-state index contributed by atoms with van der Waals surface area (Å²) in [7, 11) is 1.15. The molecule has 5 rings (SSSR count). The molecule has 6 N–H and O–H groups in total. The average molecular weight is 873 g/mol. The van der Waals surface area contributed by atoms with Gasteiger partial charge in [-0.25, -0.2) is 4.79 Å². The van der Waals surface area contributed by atoms with Crippen molar-refractivity contribution in [1.29, 1.82) is 0 Å². The number of carbonyl (C=O) groups excluding carboxylic acids is 7. The SMILES string of the molecule is COC(=O)CNC(=O)C(NC(=O)CNC(=O)C(C)(C)NC(=O)C(NC(=O)C(C)(C)NC(=O)OCc1ccccc1)(c1ccccn1)c1ccccn1)(c1ccccn1)c1ccccn1. The fourth-order valence-corrected chi connectivity index (χ4v) is 6.26. The molecule has 4 heterocycles. The number of nitrogens with one attached hydrogen (secondary N) is 6. The Balaban J connectivity index is 1.40. The summed E-state index contributed by atoms with van der Waals surface area (Å²) in [6.45, 7) is 4.20. The molecule has 0 fully saturated rings. The minimum absolute atomic E-state index is 0.00319. The highest BCUT2D eigenvalue weighted by molar-refractivity contribution is 6.02. The average Bonchev–Trinajstić information content (AvgIpc) is 3.31. The first-order chi connectivity index (χ1) is 30.5. The number of amides is 6. The van der Waals surface area contributed by atoms with Crippen molar-refractivity contribution in [2.45, 2.75) is 56.5 Å². The number of hydrogen-bond acceptors (Lipinski definition) is 13. The van der Waals surface area contributed by atoms with E-state index in [2.05, 4.69) is 56.6 Å². The van der Waals surface area contributed by atoms with Gasteiger partial charge in [0.05, 0.1) is 36.4 Å². The number of esters is 1. The third kappa shape index (κ3) is 11.0. The quantitative estimate of drug-likeness (QED) is 0.0686. The molecule has 19 heteroatoms. The zero-order valence-electron chi connectivity index (χ0n) is 35.7. The normalized spacial score (nSPS) is 11.5. The second kappa shape index (κ2) is 20.6. The fraction of sp³-hybridized carbons (Fsp3) is 0.267. The van der Waals surface area contributed by atoms with Gasteiger partial charge in [0.25, 0.3) is 11.8 Å². The zero-order valence-corrected chi connectivity index (χ0v) is 35.7. The molecule has 64 heavy (non-hydrogen) atoms. The molecule has 5 aromatic rings. The van der Waals surface area contributed by atoms with Gasteiger partial charge in [0.2, 0.25) is 28.8 Å². The lowest BCUT2D eigenvalue weighted by Crippen LogP contribution is -2.67. The van der Waals surface area contributed by atoms with Gasteiger partial charge in [-0.2, -0.15) is 0 Å². The van der Waals surface area contributed by atoms with Crippen molar-refractivity contribution in [2.24, 2.45) is 0 Å². The van der Waals surface area contributed by atoms with Crippen LogP contribution in [0.5, 0.6) is 0 Å². The summed E-state index contributed by atoms with van der Waals surface area (Å²) in [5.41, 5.74) is -7.04. The summed E-state index contributed by atoms with van der Waals surface area (Å²) >= 11 is 0. The van der Waals surface area contributed by atoms with Crippen LogP contribution in [0, 0.1) is 0 Å². The van der Waals surface area contributed by atoms with Crippen molar-refractivity contribution >= 4 is 41.6 Å². The zero-order chi connectivity index (χ0) is 46.4. The summed E-state index contributed by atoms with van der Waals surface area (Å²) in [6.07, 6.45) is 4.70. The van der Waals surface area contributed by atoms with Crippen molar-refractivity contribution in [3.63, 3.8) is 0 Å². The van der Waals surface area contributed by atoms with Gasteiger partial charge in [0.1, 0.15) is 24.2 Å². The molecule has 0 aliphatic heterocycles. The van der Waals surface area contributed by atoms with E-state index in [9.17, 15) is 33.6 Å². The maximum Gasteiger partial charge on any atom is 0.408 e. The first-order valence-electron chi connectivity index (χ1n) is 19.8. The maximum atomic E-state index is 14.9. The van der Waals surface area contributed by atoms with Crippen LogP contribution >= 0.6 is 0 Å². The third-order valence-electron chi connectivity index (χ3n) is 9.72. The van der Waals surface area contributed by atoms with E-state index in [0.29, 0.717) is 0 Å². The van der Waals surface area contributed by atoms with Crippen LogP contribution in [0.2, 0.25) is 0 Å². The Morgan fingerprint density at radius 3 is 1.38 bits per heavy atom. The predicted octanol–water partition coefficient (Wildman–Crippen LogP) is 1.69. The van der Waals surface area contributed by atoms with Gasteiger partial charge < -0.3 is 41.4 Å². The highest BCUT2D eigenvalue weighted by Crippen LogP contribution is 2.30. The van der Waals surface area contributed by atoms with E-state index in [0.717, 1.165) is 12.7 Å². The van der Waals surface area contributed by atoms with Crippen molar-refractivity contribution in [2.75, 3.05) is 20.2 Å². The van der Waals surface area contributed by atoms with Crippen LogP contribution < -0.4 is 31.9 Å². The van der Waals surface area contributed by atoms with Crippen LogP contribution in [0.25, 0.3) is 0 Å². The lowest BCUT2D eigenvalue weighted by molar-refractivity contribution is -0.142. The van der Waals surface area contributed by atoms with E-state index >= 15 is 0 Å². The molecule has 0 aliphatic rings. The molecule has 1 aromatic carbocycles. The number of alkyl carbamates (subject to hydrolysis) is 1. The van der Waals surface area contributed by atoms with Gasteiger partial charge in [0, 0.05) is 24.8 Å². The minimum atomic E-state index is -2.22. The summed E-state index contributed by atoms with van der Waals surface area (Å²) in [6, 6.07) is 27.6. The van der Waals surface area contributed by atoms with Crippen LogP contribution in [0.15, 0.2) is 128 Å². The van der Waals surface area contributed by atoms with Gasteiger partial charge in [-0.05, 0) is 81.8 Å². The number of pyridine rings is 4. The van der Waals surface area contributed by atoms with E-state index in [-0.39, 0.29) is 29.4 Å². The third-order valence-corrected chi connectivity index (χ3v) is 9.72. The molecule has 4 aromatic heterocycles. The Labute approximate surface area is 368 Å². The van der Waals surface area contributed by atoms with Crippen molar-refractivity contribution in [1.82, 2.24) is 51.8 Å². The molecule has 0 saturated carbocycles. The van der Waals surface area contributed by atoms with Crippen molar-refractivity contribution < 1.29 is 43.0 Å². The van der Waals surface area contributed by atoms with E-state index in [1.54, 1.807) is 72.8 Å². The Bertz CT molecular complexity index is 2350. The molecule has 0 spiro atoms. The molecule has 0 atom stereocenters. The van der Waals surface area contributed by atoms with Crippen LogP contribution in [-0.2, 0) is 55.9 Å².